The second-order valence-corrected chi connectivity index (χ2v) is 6.58. The second-order valence-electron chi connectivity index (χ2n) is 5.78. The van der Waals surface area contributed by atoms with Gasteiger partial charge in [-0.1, -0.05) is 29.3 Å². The van der Waals surface area contributed by atoms with Crippen molar-refractivity contribution in [1.82, 2.24) is 14.8 Å². The van der Waals surface area contributed by atoms with Crippen molar-refractivity contribution in [2.45, 2.75) is 0 Å². The van der Waals surface area contributed by atoms with Crippen molar-refractivity contribution in [1.29, 1.82) is 0 Å². The molecule has 0 aliphatic carbocycles. The molecule has 0 N–H and O–H groups in total. The Kier molecular flexibility index (Phi) is 5.64. The zero-order chi connectivity index (χ0) is 18.7. The molecule has 1 saturated heterocycles. The largest absolute Gasteiger partial charge is 0.497 e. The number of amides is 2. The summed E-state index contributed by atoms with van der Waals surface area (Å²) in [5, 5.41) is 0.471. The number of rotatable bonds is 3. The fraction of sp³-hybridized carbons (Fsp3) is 0.278. The molecule has 0 bridgehead atoms. The predicted octanol–water partition coefficient (Wildman–Crippen LogP) is 3.00. The first kappa shape index (κ1) is 18.5. The summed E-state index contributed by atoms with van der Waals surface area (Å²) in [6.07, 6.45) is 0. The van der Waals surface area contributed by atoms with E-state index in [1.807, 2.05) is 0 Å². The van der Waals surface area contributed by atoms with Crippen molar-refractivity contribution in [3.63, 3.8) is 0 Å². The molecule has 1 aliphatic heterocycles. The van der Waals surface area contributed by atoms with Gasteiger partial charge in [-0.2, -0.15) is 0 Å². The molecule has 136 valence electrons. The molecule has 0 spiro atoms. The van der Waals surface area contributed by atoms with Crippen LogP contribution in [0.3, 0.4) is 0 Å². The number of hydrogen-bond donors (Lipinski definition) is 0. The summed E-state index contributed by atoms with van der Waals surface area (Å²) in [5.41, 5.74) is 0.690. The number of halogens is 2. The maximum Gasteiger partial charge on any atom is 0.274 e. The average Bonchev–Trinajstić information content (AvgIpc) is 2.69. The van der Waals surface area contributed by atoms with Crippen molar-refractivity contribution in [2.75, 3.05) is 33.3 Å². The van der Waals surface area contributed by atoms with Crippen LogP contribution in [0.2, 0.25) is 10.2 Å². The minimum atomic E-state index is -0.286. The number of carbonyl (C=O) groups excluding carboxylic acids is 2. The van der Waals surface area contributed by atoms with E-state index in [2.05, 4.69) is 4.98 Å². The summed E-state index contributed by atoms with van der Waals surface area (Å²) in [6, 6.07) is 10.1. The third-order valence-electron chi connectivity index (χ3n) is 4.19. The molecule has 0 atom stereocenters. The van der Waals surface area contributed by atoms with Crippen LogP contribution >= 0.6 is 23.2 Å². The van der Waals surface area contributed by atoms with Gasteiger partial charge in [0, 0.05) is 31.7 Å². The maximum atomic E-state index is 12.6. The van der Waals surface area contributed by atoms with Gasteiger partial charge >= 0.3 is 0 Å². The highest BCUT2D eigenvalue weighted by atomic mass is 35.5. The molecule has 0 saturated carbocycles. The highest BCUT2D eigenvalue weighted by Gasteiger charge is 2.27. The molecule has 2 amide bonds. The van der Waals surface area contributed by atoms with E-state index >= 15 is 0 Å². The maximum absolute atomic E-state index is 12.6. The Balaban J connectivity index is 1.66. The quantitative estimate of drug-likeness (QED) is 0.751. The van der Waals surface area contributed by atoms with Gasteiger partial charge in [-0.05, 0) is 30.3 Å². The molecule has 1 aromatic carbocycles. The van der Waals surface area contributed by atoms with Crippen LogP contribution in [0.5, 0.6) is 5.75 Å². The predicted molar refractivity (Wildman–Crippen MR) is 99.1 cm³/mol. The fourth-order valence-electron chi connectivity index (χ4n) is 2.77. The lowest BCUT2D eigenvalue weighted by Gasteiger charge is -2.34. The van der Waals surface area contributed by atoms with Crippen molar-refractivity contribution in [3.05, 3.63) is 57.8 Å². The zero-order valence-electron chi connectivity index (χ0n) is 14.1. The van der Waals surface area contributed by atoms with Gasteiger partial charge in [-0.3, -0.25) is 9.59 Å². The summed E-state index contributed by atoms with van der Waals surface area (Å²) >= 11 is 11.9. The average molecular weight is 394 g/mol. The molecule has 1 fully saturated rings. The summed E-state index contributed by atoms with van der Waals surface area (Å²) < 4.78 is 5.16. The van der Waals surface area contributed by atoms with Crippen LogP contribution in [0.1, 0.15) is 20.8 Å². The molecular weight excluding hydrogens is 377 g/mol. The molecule has 0 radical (unpaired) electrons. The molecule has 26 heavy (non-hydrogen) atoms. The van der Waals surface area contributed by atoms with E-state index in [1.54, 1.807) is 47.2 Å². The van der Waals surface area contributed by atoms with Gasteiger partial charge < -0.3 is 14.5 Å². The lowest BCUT2D eigenvalue weighted by Crippen LogP contribution is -2.50. The van der Waals surface area contributed by atoms with Gasteiger partial charge in [0.05, 0.1) is 12.1 Å². The molecule has 6 nitrogen and oxygen atoms in total. The van der Waals surface area contributed by atoms with E-state index in [9.17, 15) is 9.59 Å². The van der Waals surface area contributed by atoms with Gasteiger partial charge in [0.2, 0.25) is 0 Å². The Bertz CT molecular complexity index is 836. The Morgan fingerprint density at radius 1 is 1.00 bits per heavy atom. The van der Waals surface area contributed by atoms with Crippen LogP contribution in [0.15, 0.2) is 36.4 Å². The fourth-order valence-corrected chi connectivity index (χ4v) is 3.10. The summed E-state index contributed by atoms with van der Waals surface area (Å²) in [5.74, 6) is 0.257. The van der Waals surface area contributed by atoms with Crippen LogP contribution < -0.4 is 4.74 Å². The molecule has 1 aromatic heterocycles. The molecule has 2 aromatic rings. The SMILES string of the molecule is COc1cccc(C(=O)N2CCN(C(=O)c3nc(Cl)ccc3Cl)CC2)c1. The summed E-state index contributed by atoms with van der Waals surface area (Å²) in [4.78, 5) is 32.6. The number of methoxy groups -OCH3 is 1. The van der Waals surface area contributed by atoms with Gasteiger partial charge in [-0.25, -0.2) is 4.98 Å². The van der Waals surface area contributed by atoms with Crippen molar-refractivity contribution < 1.29 is 14.3 Å². The molecule has 1 aliphatic rings. The van der Waals surface area contributed by atoms with E-state index in [-0.39, 0.29) is 27.7 Å². The lowest BCUT2D eigenvalue weighted by molar-refractivity contribution is 0.0532. The molecule has 3 rings (SSSR count). The highest BCUT2D eigenvalue weighted by molar-refractivity contribution is 6.34. The highest BCUT2D eigenvalue weighted by Crippen LogP contribution is 2.20. The molecule has 8 heteroatoms. The van der Waals surface area contributed by atoms with E-state index < -0.39 is 0 Å². The second kappa shape index (κ2) is 7.93. The number of carbonyl (C=O) groups is 2. The first-order valence-corrected chi connectivity index (χ1v) is 8.80. The van der Waals surface area contributed by atoms with E-state index in [1.165, 1.54) is 6.07 Å². The third kappa shape index (κ3) is 3.92. The number of piperazine rings is 1. The minimum absolute atomic E-state index is 0.0880. The van der Waals surface area contributed by atoms with Gasteiger partial charge in [0.15, 0.2) is 0 Å². The lowest BCUT2D eigenvalue weighted by atomic mass is 10.1. The first-order chi connectivity index (χ1) is 12.5. The minimum Gasteiger partial charge on any atom is -0.497 e. The monoisotopic (exact) mass is 393 g/mol. The van der Waals surface area contributed by atoms with E-state index in [4.69, 9.17) is 27.9 Å². The number of aromatic nitrogens is 1. The van der Waals surface area contributed by atoms with Crippen LogP contribution in [-0.4, -0.2) is 59.9 Å². The number of ether oxygens (including phenoxy) is 1. The Hall–Kier alpha value is -2.31. The Morgan fingerprint density at radius 3 is 2.31 bits per heavy atom. The number of pyridine rings is 1. The number of nitrogens with zero attached hydrogens (tertiary/aromatic N) is 3. The van der Waals surface area contributed by atoms with Gasteiger partial charge in [0.25, 0.3) is 11.8 Å². The van der Waals surface area contributed by atoms with Crippen LogP contribution in [0.4, 0.5) is 0 Å². The van der Waals surface area contributed by atoms with Crippen molar-refractivity contribution >= 4 is 35.0 Å². The number of benzene rings is 1. The summed E-state index contributed by atoms with van der Waals surface area (Å²) in [7, 11) is 1.56. The van der Waals surface area contributed by atoms with E-state index in [0.29, 0.717) is 37.5 Å². The van der Waals surface area contributed by atoms with Gasteiger partial charge in [-0.15, -0.1) is 0 Å². The topological polar surface area (TPSA) is 62.7 Å². The van der Waals surface area contributed by atoms with Crippen LogP contribution in [0, 0.1) is 0 Å². The number of hydrogen-bond acceptors (Lipinski definition) is 4. The molecule has 0 unspecified atom stereocenters. The molecular formula is C18H17Cl2N3O3. The van der Waals surface area contributed by atoms with Crippen molar-refractivity contribution in [2.24, 2.45) is 0 Å². The van der Waals surface area contributed by atoms with Crippen LogP contribution in [0.25, 0.3) is 0 Å². The summed E-state index contributed by atoms with van der Waals surface area (Å²) in [6.45, 7) is 1.66. The smallest absolute Gasteiger partial charge is 0.274 e. The van der Waals surface area contributed by atoms with Gasteiger partial charge in [0.1, 0.15) is 16.6 Å². The van der Waals surface area contributed by atoms with E-state index in [0.717, 1.165) is 0 Å². The zero-order valence-corrected chi connectivity index (χ0v) is 15.6. The first-order valence-electron chi connectivity index (χ1n) is 8.04. The molecule has 2 heterocycles. The van der Waals surface area contributed by atoms with Crippen LogP contribution in [-0.2, 0) is 0 Å². The Morgan fingerprint density at radius 2 is 1.65 bits per heavy atom. The normalized spacial score (nSPS) is 14.3. The standard InChI is InChI=1S/C18H17Cl2N3O3/c1-26-13-4-2-3-12(11-13)17(24)22-7-9-23(10-8-22)18(25)16-14(19)5-6-15(20)21-16/h2-6,11H,7-10H2,1H3. The Labute approximate surface area is 161 Å². The van der Waals surface area contributed by atoms with Crippen molar-refractivity contribution in [3.8, 4) is 5.75 Å². The third-order valence-corrected chi connectivity index (χ3v) is 4.70.